The second-order valence-electron chi connectivity index (χ2n) is 0. The molecule has 0 aliphatic rings. The summed E-state index contributed by atoms with van der Waals surface area (Å²) in [6.07, 6.45) is 0. The SMILES string of the molecule is [Ca+2].[Ca+2].[Ca+2].[Ca+2].[Ca+2].[O-2].[O-2].[O-2].[O-2].[O-2]. The second-order valence-corrected chi connectivity index (χ2v) is 0. The van der Waals surface area contributed by atoms with Gasteiger partial charge in [0.1, 0.15) is 0 Å². The first-order valence-corrected chi connectivity index (χ1v) is 0. The van der Waals surface area contributed by atoms with Crippen LogP contribution in [0.15, 0.2) is 0 Å². The Morgan fingerprint density at radius 1 is 0.200 bits per heavy atom. The molecule has 0 aromatic heterocycles. The second kappa shape index (κ2) is 80.7. The Balaban J connectivity index is 0. The fourth-order valence-corrected chi connectivity index (χ4v) is 0. The van der Waals surface area contributed by atoms with Gasteiger partial charge in [-0.25, -0.2) is 0 Å². The van der Waals surface area contributed by atoms with E-state index >= 15 is 0 Å². The molecule has 0 rings (SSSR count). The smallest absolute Gasteiger partial charge is 2.00 e. The van der Waals surface area contributed by atoms with Gasteiger partial charge in [0.15, 0.2) is 0 Å². The molecular formula is Ca5O5. The van der Waals surface area contributed by atoms with Crippen molar-refractivity contribution in [3.8, 4) is 0 Å². The van der Waals surface area contributed by atoms with Crippen LogP contribution < -0.4 is 0 Å². The van der Waals surface area contributed by atoms with E-state index in [4.69, 9.17) is 0 Å². The summed E-state index contributed by atoms with van der Waals surface area (Å²) < 4.78 is 0. The molecule has 0 saturated heterocycles. The molecule has 10 heavy (non-hydrogen) atoms. The van der Waals surface area contributed by atoms with Gasteiger partial charge in [-0.2, -0.15) is 0 Å². The molecule has 0 aliphatic heterocycles. The maximum Gasteiger partial charge on any atom is 2.00 e. The van der Waals surface area contributed by atoms with Crippen LogP contribution in [0.2, 0.25) is 0 Å². The fourth-order valence-electron chi connectivity index (χ4n) is 0. The third-order valence-corrected chi connectivity index (χ3v) is 0. The maximum absolute atomic E-state index is 0. The molecule has 0 atom stereocenters. The van der Waals surface area contributed by atoms with E-state index in [9.17, 15) is 0 Å². The summed E-state index contributed by atoms with van der Waals surface area (Å²) in [4.78, 5) is 0. The van der Waals surface area contributed by atoms with Crippen LogP contribution in [-0.4, -0.2) is 189 Å². The molecule has 0 N–H and O–H groups in total. The van der Waals surface area contributed by atoms with Crippen LogP contribution in [-0.2, 0) is 27.4 Å². The number of hydrogen-bond acceptors (Lipinski definition) is 0. The van der Waals surface area contributed by atoms with Gasteiger partial charge in [0.25, 0.3) is 0 Å². The first kappa shape index (κ1) is 98.7. The van der Waals surface area contributed by atoms with Crippen molar-refractivity contribution in [2.75, 3.05) is 0 Å². The third kappa shape index (κ3) is 65.0. The summed E-state index contributed by atoms with van der Waals surface area (Å²) in [5.74, 6) is 0. The van der Waals surface area contributed by atoms with Crippen LogP contribution in [0.1, 0.15) is 0 Å². The molecule has 40 valence electrons. The van der Waals surface area contributed by atoms with Crippen LogP contribution in [0.3, 0.4) is 0 Å². The molecule has 0 amide bonds. The van der Waals surface area contributed by atoms with E-state index in [-0.39, 0.29) is 216 Å². The van der Waals surface area contributed by atoms with E-state index in [2.05, 4.69) is 0 Å². The zero-order valence-corrected chi connectivity index (χ0v) is 16.6. The minimum atomic E-state index is 0. The minimum absolute atomic E-state index is 0. The molecule has 0 heterocycles. The van der Waals surface area contributed by atoms with E-state index < -0.39 is 0 Å². The van der Waals surface area contributed by atoms with Crippen molar-refractivity contribution < 1.29 is 27.4 Å². The summed E-state index contributed by atoms with van der Waals surface area (Å²) in [5.41, 5.74) is 0. The van der Waals surface area contributed by atoms with E-state index in [1.54, 1.807) is 0 Å². The average molecular weight is 280 g/mol. The van der Waals surface area contributed by atoms with Gasteiger partial charge in [0.2, 0.25) is 0 Å². The Morgan fingerprint density at radius 3 is 0.200 bits per heavy atom. The number of hydrogen-bond donors (Lipinski definition) is 0. The van der Waals surface area contributed by atoms with Gasteiger partial charge in [0, 0.05) is 0 Å². The summed E-state index contributed by atoms with van der Waals surface area (Å²) >= 11 is 0. The van der Waals surface area contributed by atoms with Crippen molar-refractivity contribution in [1.82, 2.24) is 0 Å². The van der Waals surface area contributed by atoms with Crippen LogP contribution in [0.25, 0.3) is 0 Å². The molecule has 0 aromatic rings. The van der Waals surface area contributed by atoms with Crippen LogP contribution in [0.4, 0.5) is 0 Å². The largest absolute Gasteiger partial charge is 2.00 e. The van der Waals surface area contributed by atoms with Gasteiger partial charge >= 0.3 is 189 Å². The topological polar surface area (TPSA) is 142 Å². The molecule has 0 saturated carbocycles. The molecule has 0 unspecified atom stereocenters. The molecule has 0 aliphatic carbocycles. The van der Waals surface area contributed by atoms with Crippen molar-refractivity contribution in [2.45, 2.75) is 0 Å². The summed E-state index contributed by atoms with van der Waals surface area (Å²) in [6.45, 7) is 0. The fraction of sp³-hybridized carbons (Fsp3) is 0. The monoisotopic (exact) mass is 280 g/mol. The van der Waals surface area contributed by atoms with E-state index in [0.29, 0.717) is 0 Å². The van der Waals surface area contributed by atoms with Crippen molar-refractivity contribution in [2.24, 2.45) is 0 Å². The Kier molecular flexibility index (Phi) is 796. The van der Waals surface area contributed by atoms with Gasteiger partial charge < -0.3 is 27.4 Å². The van der Waals surface area contributed by atoms with Crippen molar-refractivity contribution in [1.29, 1.82) is 0 Å². The summed E-state index contributed by atoms with van der Waals surface area (Å²) in [7, 11) is 0. The van der Waals surface area contributed by atoms with Gasteiger partial charge in [-0.3, -0.25) is 0 Å². The first-order valence-electron chi connectivity index (χ1n) is 0. The third-order valence-electron chi connectivity index (χ3n) is 0. The molecule has 5 nitrogen and oxygen atoms in total. The average Bonchev–Trinajstić information content (AvgIpc) is 0. The van der Waals surface area contributed by atoms with Crippen molar-refractivity contribution in [3.63, 3.8) is 0 Å². The predicted molar refractivity (Wildman–Crippen MR) is 32.2 cm³/mol. The van der Waals surface area contributed by atoms with Crippen LogP contribution in [0, 0.1) is 0 Å². The predicted octanol–water partition coefficient (Wildman–Crippen LogP) is -2.50. The molecule has 0 fully saturated rings. The zero-order valence-electron chi connectivity index (χ0n) is 5.58. The summed E-state index contributed by atoms with van der Waals surface area (Å²) in [6, 6.07) is 0. The first-order chi connectivity index (χ1) is 0. The molecule has 0 aromatic carbocycles. The van der Waals surface area contributed by atoms with Crippen LogP contribution >= 0.6 is 0 Å². The minimum Gasteiger partial charge on any atom is -2.00 e. The van der Waals surface area contributed by atoms with Gasteiger partial charge in [-0.05, 0) is 0 Å². The summed E-state index contributed by atoms with van der Waals surface area (Å²) in [5, 5.41) is 0. The Hall–Kier alpha value is 6.10. The molecule has 10 heteroatoms. The molecule has 0 bridgehead atoms. The van der Waals surface area contributed by atoms with E-state index in [0.717, 1.165) is 0 Å². The van der Waals surface area contributed by atoms with E-state index in [1.165, 1.54) is 0 Å². The van der Waals surface area contributed by atoms with Crippen molar-refractivity contribution >= 4 is 189 Å². The number of rotatable bonds is 0. The zero-order chi connectivity index (χ0) is 0. The quantitative estimate of drug-likeness (QED) is 0.432. The molecule has 0 spiro atoms. The normalized spacial score (nSPS) is 0. The van der Waals surface area contributed by atoms with Gasteiger partial charge in [-0.1, -0.05) is 0 Å². The van der Waals surface area contributed by atoms with Gasteiger partial charge in [-0.15, -0.1) is 0 Å². The standard InChI is InChI=1S/5Ca.5O/q5*+2;5*-2. The van der Waals surface area contributed by atoms with Crippen LogP contribution in [0.5, 0.6) is 0 Å². The Bertz CT molecular complexity index is 10.0. The molecular weight excluding hydrogens is 280 g/mol. The Labute approximate surface area is 209 Å². The molecule has 0 radical (unpaired) electrons. The maximum atomic E-state index is 0. The Morgan fingerprint density at radius 2 is 0.200 bits per heavy atom. The van der Waals surface area contributed by atoms with Crippen molar-refractivity contribution in [3.05, 3.63) is 0 Å². The van der Waals surface area contributed by atoms with E-state index in [1.807, 2.05) is 0 Å². The van der Waals surface area contributed by atoms with Gasteiger partial charge in [0.05, 0.1) is 0 Å².